The molecule has 6 nitrogen and oxygen atoms in total. The number of aliphatic carboxylic acids is 1. The van der Waals surface area contributed by atoms with Crippen molar-refractivity contribution in [2.45, 2.75) is 25.1 Å². The fourth-order valence-corrected chi connectivity index (χ4v) is 2.20. The lowest BCUT2D eigenvalue weighted by atomic mass is 9.94. The van der Waals surface area contributed by atoms with Crippen LogP contribution in [0.1, 0.15) is 12.8 Å². The molecule has 0 aromatic heterocycles. The van der Waals surface area contributed by atoms with Crippen LogP contribution >= 0.6 is 0 Å². The number of piperidine rings is 1. The van der Waals surface area contributed by atoms with E-state index in [9.17, 15) is 18.0 Å². The number of hydrogen-bond donors (Lipinski definition) is 3. The smallest absolute Gasteiger partial charge is 0.475 e. The zero-order valence-corrected chi connectivity index (χ0v) is 9.98. The fraction of sp³-hybridized carbons (Fsp3) is 0.800. The summed E-state index contributed by atoms with van der Waals surface area (Å²) in [5.74, 6) is -2.19. The average Bonchev–Trinajstić information content (AvgIpc) is 2.72. The number of carbonyl (C=O) groups is 2. The Morgan fingerprint density at radius 3 is 2.21 bits per heavy atom. The number of hydrogen-bond acceptors (Lipinski definition) is 3. The number of nitrogens with one attached hydrogen (secondary N) is 1. The number of fused-ring (bicyclic) bond motifs is 1. The van der Waals surface area contributed by atoms with Gasteiger partial charge in [0.2, 0.25) is 0 Å². The lowest BCUT2D eigenvalue weighted by Crippen LogP contribution is -2.40. The Labute approximate surface area is 107 Å². The summed E-state index contributed by atoms with van der Waals surface area (Å²) in [4.78, 5) is 21.1. The summed E-state index contributed by atoms with van der Waals surface area (Å²) >= 11 is 0. The van der Waals surface area contributed by atoms with Gasteiger partial charge >= 0.3 is 18.2 Å². The number of amides is 1. The van der Waals surface area contributed by atoms with Crippen LogP contribution in [-0.2, 0) is 4.79 Å². The largest absolute Gasteiger partial charge is 0.490 e. The first-order valence-corrected chi connectivity index (χ1v) is 5.73. The van der Waals surface area contributed by atoms with Gasteiger partial charge in [-0.05, 0) is 25.3 Å². The van der Waals surface area contributed by atoms with Gasteiger partial charge in [-0.15, -0.1) is 0 Å². The summed E-state index contributed by atoms with van der Waals surface area (Å²) in [6.45, 7) is 2.46. The monoisotopic (exact) mass is 284 g/mol. The minimum absolute atomic E-state index is 0.426. The van der Waals surface area contributed by atoms with Gasteiger partial charge in [0.25, 0.3) is 0 Å². The highest BCUT2D eigenvalue weighted by molar-refractivity contribution is 5.73. The van der Waals surface area contributed by atoms with E-state index in [1.165, 1.54) is 17.7 Å². The number of halogens is 3. The van der Waals surface area contributed by atoms with Crippen molar-refractivity contribution in [3.05, 3.63) is 0 Å². The Bertz CT molecular complexity index is 334. The Balaban J connectivity index is 0.000000224. The molecule has 1 amide bonds. The van der Waals surface area contributed by atoms with Gasteiger partial charge in [0.15, 0.2) is 0 Å². The Morgan fingerprint density at radius 2 is 1.79 bits per heavy atom. The maximum absolute atomic E-state index is 10.6. The third-order valence-electron chi connectivity index (χ3n) is 3.11. The molecule has 2 atom stereocenters. The van der Waals surface area contributed by atoms with Gasteiger partial charge in [-0.2, -0.15) is 13.2 Å². The average molecular weight is 284 g/mol. The van der Waals surface area contributed by atoms with Crippen molar-refractivity contribution in [1.82, 2.24) is 10.2 Å². The highest BCUT2D eigenvalue weighted by Gasteiger charge is 2.38. The summed E-state index contributed by atoms with van der Waals surface area (Å²) in [7, 11) is 0. The summed E-state index contributed by atoms with van der Waals surface area (Å²) in [5, 5.41) is 19.2. The van der Waals surface area contributed by atoms with Crippen LogP contribution in [0, 0.1) is 5.92 Å². The molecule has 2 aliphatic rings. The van der Waals surface area contributed by atoms with E-state index < -0.39 is 18.2 Å². The molecule has 2 saturated heterocycles. The highest BCUT2D eigenvalue weighted by Crippen LogP contribution is 2.24. The Hall–Kier alpha value is -1.51. The number of carboxylic acids is 1. The standard InChI is InChI=1S/C8H14N2O2.C2HF3O2/c11-8(12)10-4-6-2-1-3-9-7(6)5-10;3-2(4,5)1(6)7/h6-7,9H,1-5H2,(H,11,12);(H,6,7)/t6-,7+;/m0./s1. The number of likely N-dealkylation sites (tertiary alicyclic amines) is 1. The predicted octanol–water partition coefficient (Wildman–Crippen LogP) is 0.982. The first-order chi connectivity index (χ1) is 8.71. The first-order valence-electron chi connectivity index (χ1n) is 5.73. The molecule has 9 heteroatoms. The SMILES string of the molecule is O=C(O)C(F)(F)F.O=C(O)N1C[C@@H]2CCCN[C@@H]2C1. The summed E-state index contributed by atoms with van der Waals surface area (Å²) in [6.07, 6.45) is -3.48. The topological polar surface area (TPSA) is 89.9 Å². The van der Waals surface area contributed by atoms with E-state index in [1.54, 1.807) is 0 Å². The van der Waals surface area contributed by atoms with Crippen LogP contribution in [-0.4, -0.2) is 59.0 Å². The summed E-state index contributed by atoms with van der Waals surface area (Å²) in [5.41, 5.74) is 0. The number of alkyl halides is 3. The van der Waals surface area contributed by atoms with Crippen LogP contribution in [0.5, 0.6) is 0 Å². The minimum atomic E-state index is -5.08. The molecule has 0 unspecified atom stereocenters. The molecule has 0 radical (unpaired) electrons. The molecule has 110 valence electrons. The molecule has 19 heavy (non-hydrogen) atoms. The van der Waals surface area contributed by atoms with Crippen molar-refractivity contribution < 1.29 is 33.0 Å². The number of nitrogens with zero attached hydrogens (tertiary/aromatic N) is 1. The predicted molar refractivity (Wildman–Crippen MR) is 57.8 cm³/mol. The molecule has 0 aromatic carbocycles. The number of rotatable bonds is 0. The van der Waals surface area contributed by atoms with Gasteiger partial charge in [0.1, 0.15) is 0 Å². The normalized spacial score (nSPS) is 26.2. The third kappa shape index (κ3) is 4.58. The molecule has 0 saturated carbocycles. The van der Waals surface area contributed by atoms with Gasteiger partial charge < -0.3 is 20.4 Å². The van der Waals surface area contributed by atoms with Crippen molar-refractivity contribution in [3.8, 4) is 0 Å². The van der Waals surface area contributed by atoms with E-state index in [2.05, 4.69) is 5.32 Å². The molecule has 2 aliphatic heterocycles. The van der Waals surface area contributed by atoms with Crippen LogP contribution in [0.25, 0.3) is 0 Å². The van der Waals surface area contributed by atoms with E-state index in [-0.39, 0.29) is 0 Å². The lowest BCUT2D eigenvalue weighted by molar-refractivity contribution is -0.192. The Morgan fingerprint density at radius 1 is 1.21 bits per heavy atom. The van der Waals surface area contributed by atoms with Gasteiger partial charge in [0.05, 0.1) is 0 Å². The van der Waals surface area contributed by atoms with E-state index in [1.807, 2.05) is 0 Å². The van der Waals surface area contributed by atoms with Gasteiger partial charge in [-0.3, -0.25) is 0 Å². The van der Waals surface area contributed by atoms with Gasteiger partial charge in [-0.1, -0.05) is 0 Å². The zero-order valence-electron chi connectivity index (χ0n) is 9.98. The molecule has 0 spiro atoms. The summed E-state index contributed by atoms with van der Waals surface area (Å²) < 4.78 is 31.7. The molecule has 0 aliphatic carbocycles. The fourth-order valence-electron chi connectivity index (χ4n) is 2.20. The molecular formula is C10H15F3N2O4. The molecule has 2 rings (SSSR count). The molecule has 0 bridgehead atoms. The molecule has 2 fully saturated rings. The molecule has 2 heterocycles. The Kier molecular flexibility index (Phi) is 4.98. The second-order valence-corrected chi connectivity index (χ2v) is 4.45. The van der Waals surface area contributed by atoms with E-state index >= 15 is 0 Å². The van der Waals surface area contributed by atoms with Crippen molar-refractivity contribution in [1.29, 1.82) is 0 Å². The second kappa shape index (κ2) is 6.09. The quantitative estimate of drug-likeness (QED) is 0.617. The van der Waals surface area contributed by atoms with Crippen molar-refractivity contribution in [2.75, 3.05) is 19.6 Å². The van der Waals surface area contributed by atoms with Gasteiger partial charge in [-0.25, -0.2) is 9.59 Å². The zero-order chi connectivity index (χ0) is 14.6. The first kappa shape index (κ1) is 15.5. The van der Waals surface area contributed by atoms with Crippen molar-refractivity contribution in [3.63, 3.8) is 0 Å². The van der Waals surface area contributed by atoms with E-state index in [0.29, 0.717) is 18.5 Å². The van der Waals surface area contributed by atoms with Crippen LogP contribution in [0.2, 0.25) is 0 Å². The van der Waals surface area contributed by atoms with Crippen molar-refractivity contribution in [2.24, 2.45) is 5.92 Å². The van der Waals surface area contributed by atoms with E-state index in [4.69, 9.17) is 15.0 Å². The van der Waals surface area contributed by atoms with Crippen LogP contribution in [0.15, 0.2) is 0 Å². The van der Waals surface area contributed by atoms with Crippen molar-refractivity contribution >= 4 is 12.1 Å². The van der Waals surface area contributed by atoms with Crippen LogP contribution < -0.4 is 5.32 Å². The second-order valence-electron chi connectivity index (χ2n) is 4.45. The minimum Gasteiger partial charge on any atom is -0.475 e. The molecule has 3 N–H and O–H groups in total. The summed E-state index contributed by atoms with van der Waals surface area (Å²) in [6, 6.07) is 0.426. The maximum atomic E-state index is 10.6. The van der Waals surface area contributed by atoms with Crippen LogP contribution in [0.4, 0.5) is 18.0 Å². The van der Waals surface area contributed by atoms with Crippen LogP contribution in [0.3, 0.4) is 0 Å². The third-order valence-corrected chi connectivity index (χ3v) is 3.11. The highest BCUT2D eigenvalue weighted by atomic mass is 19.4. The molecule has 0 aromatic rings. The van der Waals surface area contributed by atoms with E-state index in [0.717, 1.165) is 13.1 Å². The maximum Gasteiger partial charge on any atom is 0.490 e. The van der Waals surface area contributed by atoms with Gasteiger partial charge in [0, 0.05) is 19.1 Å². The number of carboxylic acid groups (broad SMARTS) is 2. The lowest BCUT2D eigenvalue weighted by Gasteiger charge is -2.24. The molecular weight excluding hydrogens is 269 g/mol.